The predicted octanol–water partition coefficient (Wildman–Crippen LogP) is 1.47. The molecule has 24 heavy (non-hydrogen) atoms. The van der Waals surface area contributed by atoms with Gasteiger partial charge in [-0.1, -0.05) is 0 Å². The molecule has 0 spiro atoms. The number of hydrogen-bond acceptors (Lipinski definition) is 3. The van der Waals surface area contributed by atoms with Gasteiger partial charge < -0.3 is 15.3 Å². The first kappa shape index (κ1) is 17.8. The van der Waals surface area contributed by atoms with E-state index in [1.54, 1.807) is 0 Å². The molecule has 6 nitrogen and oxygen atoms in total. The van der Waals surface area contributed by atoms with Crippen LogP contribution in [-0.4, -0.2) is 46.9 Å². The van der Waals surface area contributed by atoms with E-state index in [2.05, 4.69) is 5.32 Å². The Morgan fingerprint density at radius 3 is 2.67 bits per heavy atom. The molecule has 0 saturated carbocycles. The fraction of sp³-hybridized carbons (Fsp3) is 0.438. The van der Waals surface area contributed by atoms with Crippen LogP contribution in [0.5, 0.6) is 0 Å². The van der Waals surface area contributed by atoms with Gasteiger partial charge in [0.05, 0.1) is 5.56 Å². The number of nitrogens with one attached hydrogen (secondary N) is 1. The Morgan fingerprint density at radius 2 is 2.00 bits per heavy atom. The fourth-order valence-corrected chi connectivity index (χ4v) is 2.62. The minimum Gasteiger partial charge on any atom is -0.480 e. The van der Waals surface area contributed by atoms with Gasteiger partial charge in [0.25, 0.3) is 5.91 Å². The van der Waals surface area contributed by atoms with Gasteiger partial charge >= 0.3 is 5.97 Å². The first-order valence-electron chi connectivity index (χ1n) is 7.56. The average Bonchev–Trinajstić information content (AvgIpc) is 2.66. The molecular formula is C16H18F2N2O4. The van der Waals surface area contributed by atoms with E-state index < -0.39 is 47.6 Å². The molecule has 1 aromatic rings. The summed E-state index contributed by atoms with van der Waals surface area (Å²) in [5, 5.41) is 11.2. The third-order valence-corrected chi connectivity index (χ3v) is 3.90. The molecule has 0 radical (unpaired) electrons. The number of amides is 2. The van der Waals surface area contributed by atoms with Crippen LogP contribution in [0.2, 0.25) is 0 Å². The second-order valence-electron chi connectivity index (χ2n) is 5.76. The summed E-state index contributed by atoms with van der Waals surface area (Å²) in [5.41, 5.74) is -0.415. The van der Waals surface area contributed by atoms with Gasteiger partial charge in [-0.15, -0.1) is 0 Å². The average molecular weight is 340 g/mol. The standard InChI is InChI=1S/C16H18F2N2O4/c1-9-6-12(18)10(7-11(9)17)15(23)19-13-4-2-3-5-20(16(13)24)8-14(21)22/h6-7,13H,2-5,8H2,1H3,(H,19,23)(H,21,22). The number of carboxylic acids is 1. The lowest BCUT2D eigenvalue weighted by Gasteiger charge is -2.23. The molecule has 1 aliphatic rings. The zero-order valence-corrected chi connectivity index (χ0v) is 13.1. The van der Waals surface area contributed by atoms with Crippen molar-refractivity contribution in [3.63, 3.8) is 0 Å². The second-order valence-corrected chi connectivity index (χ2v) is 5.76. The third-order valence-electron chi connectivity index (χ3n) is 3.90. The van der Waals surface area contributed by atoms with Crippen molar-refractivity contribution in [2.24, 2.45) is 0 Å². The Balaban J connectivity index is 2.16. The molecule has 1 fully saturated rings. The van der Waals surface area contributed by atoms with Crippen LogP contribution < -0.4 is 5.32 Å². The number of nitrogens with zero attached hydrogens (tertiary/aromatic N) is 1. The smallest absolute Gasteiger partial charge is 0.323 e. The van der Waals surface area contributed by atoms with Crippen molar-refractivity contribution in [1.29, 1.82) is 0 Å². The fourth-order valence-electron chi connectivity index (χ4n) is 2.62. The van der Waals surface area contributed by atoms with Gasteiger partial charge in [-0.3, -0.25) is 14.4 Å². The largest absolute Gasteiger partial charge is 0.480 e. The second kappa shape index (κ2) is 7.37. The van der Waals surface area contributed by atoms with Crippen LogP contribution >= 0.6 is 0 Å². The highest BCUT2D eigenvalue weighted by Crippen LogP contribution is 2.16. The van der Waals surface area contributed by atoms with E-state index in [1.807, 2.05) is 0 Å². The predicted molar refractivity (Wildman–Crippen MR) is 80.4 cm³/mol. The Labute approximate surface area is 137 Å². The van der Waals surface area contributed by atoms with Gasteiger partial charge in [-0.05, 0) is 43.9 Å². The van der Waals surface area contributed by atoms with Gasteiger partial charge in [-0.2, -0.15) is 0 Å². The first-order valence-corrected chi connectivity index (χ1v) is 7.56. The highest BCUT2D eigenvalue weighted by atomic mass is 19.1. The minimum absolute atomic E-state index is 0.0715. The SMILES string of the molecule is Cc1cc(F)c(C(=O)NC2CCCCN(CC(=O)O)C2=O)cc1F. The molecule has 1 aromatic carbocycles. The summed E-state index contributed by atoms with van der Waals surface area (Å²) in [6.07, 6.45) is 1.53. The molecule has 8 heteroatoms. The van der Waals surface area contributed by atoms with E-state index in [-0.39, 0.29) is 12.1 Å². The van der Waals surface area contributed by atoms with Crippen molar-refractivity contribution in [1.82, 2.24) is 10.2 Å². The highest BCUT2D eigenvalue weighted by molar-refractivity contribution is 5.98. The molecule has 1 unspecified atom stereocenters. The molecule has 0 bridgehead atoms. The van der Waals surface area contributed by atoms with Crippen molar-refractivity contribution in [3.05, 3.63) is 34.9 Å². The van der Waals surface area contributed by atoms with Crippen molar-refractivity contribution < 1.29 is 28.3 Å². The quantitative estimate of drug-likeness (QED) is 0.869. The van der Waals surface area contributed by atoms with E-state index in [1.165, 1.54) is 6.92 Å². The number of aryl methyl sites for hydroxylation is 1. The van der Waals surface area contributed by atoms with Crippen molar-refractivity contribution in [3.8, 4) is 0 Å². The topological polar surface area (TPSA) is 86.7 Å². The number of carbonyl (C=O) groups excluding carboxylic acids is 2. The highest BCUT2D eigenvalue weighted by Gasteiger charge is 2.30. The van der Waals surface area contributed by atoms with Gasteiger partial charge in [0, 0.05) is 6.54 Å². The summed E-state index contributed by atoms with van der Waals surface area (Å²) in [7, 11) is 0. The van der Waals surface area contributed by atoms with Gasteiger partial charge in [0.1, 0.15) is 24.2 Å². The number of hydrogen-bond donors (Lipinski definition) is 2. The van der Waals surface area contributed by atoms with Crippen LogP contribution in [0.4, 0.5) is 8.78 Å². The Bertz CT molecular complexity index is 678. The number of halogens is 2. The van der Waals surface area contributed by atoms with Crippen LogP contribution in [0, 0.1) is 18.6 Å². The van der Waals surface area contributed by atoms with Gasteiger partial charge in [0.2, 0.25) is 5.91 Å². The van der Waals surface area contributed by atoms with Crippen LogP contribution in [-0.2, 0) is 9.59 Å². The summed E-state index contributed by atoms with van der Waals surface area (Å²) in [4.78, 5) is 36.5. The Hall–Kier alpha value is -2.51. The first-order chi connectivity index (χ1) is 11.3. The van der Waals surface area contributed by atoms with Crippen molar-refractivity contribution in [2.45, 2.75) is 32.2 Å². The number of aliphatic carboxylic acids is 1. The maximum atomic E-state index is 13.9. The summed E-state index contributed by atoms with van der Waals surface area (Å²) >= 11 is 0. The summed E-state index contributed by atoms with van der Waals surface area (Å²) in [5.74, 6) is -4.18. The van der Waals surface area contributed by atoms with E-state index in [0.717, 1.165) is 17.0 Å². The Morgan fingerprint density at radius 1 is 1.29 bits per heavy atom. The molecular weight excluding hydrogens is 322 g/mol. The zero-order valence-electron chi connectivity index (χ0n) is 13.1. The minimum atomic E-state index is -1.15. The van der Waals surface area contributed by atoms with E-state index >= 15 is 0 Å². The molecule has 1 heterocycles. The summed E-state index contributed by atoms with van der Waals surface area (Å²) in [6.45, 7) is 1.20. The monoisotopic (exact) mass is 340 g/mol. The third kappa shape index (κ3) is 4.06. The number of carboxylic acid groups (broad SMARTS) is 1. The number of benzene rings is 1. The lowest BCUT2D eigenvalue weighted by Crippen LogP contribution is -2.48. The molecule has 1 aliphatic heterocycles. The molecule has 0 aliphatic carbocycles. The molecule has 2 rings (SSSR count). The van der Waals surface area contributed by atoms with Gasteiger partial charge in [-0.25, -0.2) is 8.78 Å². The molecule has 2 N–H and O–H groups in total. The van der Waals surface area contributed by atoms with E-state index in [4.69, 9.17) is 5.11 Å². The molecule has 0 aromatic heterocycles. The Kier molecular flexibility index (Phi) is 5.48. The summed E-state index contributed by atoms with van der Waals surface area (Å²) in [6, 6.07) is 0.745. The maximum absolute atomic E-state index is 13.9. The van der Waals surface area contributed by atoms with Crippen molar-refractivity contribution in [2.75, 3.05) is 13.1 Å². The molecule has 2 amide bonds. The van der Waals surface area contributed by atoms with Crippen LogP contribution in [0.1, 0.15) is 35.2 Å². The van der Waals surface area contributed by atoms with E-state index in [0.29, 0.717) is 19.3 Å². The lowest BCUT2D eigenvalue weighted by atomic mass is 10.1. The normalized spacial score (nSPS) is 18.2. The van der Waals surface area contributed by atoms with Gasteiger partial charge in [0.15, 0.2) is 0 Å². The maximum Gasteiger partial charge on any atom is 0.323 e. The zero-order chi connectivity index (χ0) is 17.9. The van der Waals surface area contributed by atoms with Crippen LogP contribution in [0.3, 0.4) is 0 Å². The lowest BCUT2D eigenvalue weighted by molar-refractivity contribution is -0.144. The number of carbonyl (C=O) groups is 3. The molecule has 1 atom stereocenters. The number of rotatable bonds is 4. The summed E-state index contributed by atoms with van der Waals surface area (Å²) < 4.78 is 27.4. The van der Waals surface area contributed by atoms with Crippen LogP contribution in [0.25, 0.3) is 0 Å². The van der Waals surface area contributed by atoms with Crippen molar-refractivity contribution >= 4 is 17.8 Å². The van der Waals surface area contributed by atoms with E-state index in [9.17, 15) is 23.2 Å². The molecule has 130 valence electrons. The van der Waals surface area contributed by atoms with Crippen LogP contribution in [0.15, 0.2) is 12.1 Å². The number of likely N-dealkylation sites (tertiary alicyclic amines) is 1. The molecule has 1 saturated heterocycles.